The van der Waals surface area contributed by atoms with Gasteiger partial charge in [0.1, 0.15) is 5.58 Å². The van der Waals surface area contributed by atoms with Gasteiger partial charge >= 0.3 is 0 Å². The number of hydrogen-bond acceptors (Lipinski definition) is 6. The van der Waals surface area contributed by atoms with E-state index in [4.69, 9.17) is 8.94 Å². The van der Waals surface area contributed by atoms with Gasteiger partial charge in [0.05, 0.1) is 17.6 Å². The van der Waals surface area contributed by atoms with Gasteiger partial charge in [0, 0.05) is 25.1 Å². The molecule has 0 aliphatic carbocycles. The van der Waals surface area contributed by atoms with E-state index < -0.39 is 0 Å². The van der Waals surface area contributed by atoms with E-state index in [0.29, 0.717) is 29.0 Å². The van der Waals surface area contributed by atoms with E-state index in [-0.39, 0.29) is 11.3 Å². The summed E-state index contributed by atoms with van der Waals surface area (Å²) in [7, 11) is 0. The molecule has 1 aliphatic rings. The Morgan fingerprint density at radius 3 is 3.00 bits per heavy atom. The van der Waals surface area contributed by atoms with Crippen LogP contribution in [0.15, 0.2) is 44.3 Å². The topological polar surface area (TPSA) is 72.4 Å². The van der Waals surface area contributed by atoms with Crippen LogP contribution < -0.4 is 5.43 Å². The van der Waals surface area contributed by atoms with Gasteiger partial charge in [-0.2, -0.15) is 4.98 Å². The highest BCUT2D eigenvalue weighted by molar-refractivity contribution is 5.76. The smallest absolute Gasteiger partial charge is 0.231 e. The van der Waals surface area contributed by atoms with Crippen LogP contribution in [0.4, 0.5) is 0 Å². The van der Waals surface area contributed by atoms with Crippen LogP contribution in [0.25, 0.3) is 11.0 Å². The van der Waals surface area contributed by atoms with E-state index in [1.165, 1.54) is 0 Å². The molecule has 1 aliphatic heterocycles. The van der Waals surface area contributed by atoms with Gasteiger partial charge in [-0.05, 0) is 37.4 Å². The fourth-order valence-corrected chi connectivity index (χ4v) is 3.75. The van der Waals surface area contributed by atoms with Crippen molar-refractivity contribution in [1.82, 2.24) is 15.0 Å². The van der Waals surface area contributed by atoms with Crippen molar-refractivity contribution in [3.05, 3.63) is 58.0 Å². The zero-order valence-electron chi connectivity index (χ0n) is 15.9. The average molecular weight is 367 g/mol. The number of benzene rings is 1. The van der Waals surface area contributed by atoms with Crippen LogP contribution >= 0.6 is 0 Å². The van der Waals surface area contributed by atoms with Gasteiger partial charge in [-0.25, -0.2) is 0 Å². The summed E-state index contributed by atoms with van der Waals surface area (Å²) in [6.07, 6.45) is 4.51. The number of para-hydroxylation sites is 1. The maximum atomic E-state index is 12.7. The van der Waals surface area contributed by atoms with Crippen molar-refractivity contribution in [3.8, 4) is 0 Å². The Morgan fingerprint density at radius 1 is 1.30 bits per heavy atom. The molecule has 0 spiro atoms. The van der Waals surface area contributed by atoms with E-state index in [9.17, 15) is 4.79 Å². The fourth-order valence-electron chi connectivity index (χ4n) is 3.75. The predicted octanol–water partition coefficient (Wildman–Crippen LogP) is 3.75. The molecule has 6 heteroatoms. The van der Waals surface area contributed by atoms with E-state index in [1.807, 2.05) is 24.3 Å². The number of fused-ring (bicyclic) bond motifs is 1. The SMILES string of the molecule is CC(C)Cc1noc(C2CCCN(Cc3coc4ccccc4c3=O)C2)n1. The van der Waals surface area contributed by atoms with Crippen molar-refractivity contribution in [1.29, 1.82) is 0 Å². The van der Waals surface area contributed by atoms with E-state index in [2.05, 4.69) is 28.9 Å². The Hall–Kier alpha value is -2.47. The first-order valence-electron chi connectivity index (χ1n) is 9.64. The second-order valence-electron chi connectivity index (χ2n) is 7.81. The molecule has 0 radical (unpaired) electrons. The van der Waals surface area contributed by atoms with Crippen molar-refractivity contribution in [2.45, 2.75) is 45.6 Å². The molecule has 6 nitrogen and oxygen atoms in total. The summed E-state index contributed by atoms with van der Waals surface area (Å²) < 4.78 is 11.2. The third kappa shape index (κ3) is 3.95. The molecule has 3 aromatic rings. The highest BCUT2D eigenvalue weighted by atomic mass is 16.5. The maximum absolute atomic E-state index is 12.7. The third-order valence-electron chi connectivity index (χ3n) is 5.07. The lowest BCUT2D eigenvalue weighted by atomic mass is 9.97. The molecule has 0 N–H and O–H groups in total. The largest absolute Gasteiger partial charge is 0.464 e. The monoisotopic (exact) mass is 367 g/mol. The molecule has 2 aromatic heterocycles. The van der Waals surface area contributed by atoms with Crippen LogP contribution in [0.1, 0.15) is 49.9 Å². The van der Waals surface area contributed by atoms with Crippen molar-refractivity contribution in [2.75, 3.05) is 13.1 Å². The summed E-state index contributed by atoms with van der Waals surface area (Å²) in [5.74, 6) is 2.23. The number of likely N-dealkylation sites (tertiary alicyclic amines) is 1. The van der Waals surface area contributed by atoms with Gasteiger partial charge in [0.25, 0.3) is 0 Å². The van der Waals surface area contributed by atoms with Crippen LogP contribution in [-0.4, -0.2) is 28.1 Å². The molecule has 1 saturated heterocycles. The van der Waals surface area contributed by atoms with Crippen molar-refractivity contribution >= 4 is 11.0 Å². The lowest BCUT2D eigenvalue weighted by Gasteiger charge is -2.30. The molecule has 1 aromatic carbocycles. The Labute approximate surface area is 158 Å². The molecule has 0 saturated carbocycles. The van der Waals surface area contributed by atoms with Crippen LogP contribution in [0.2, 0.25) is 0 Å². The van der Waals surface area contributed by atoms with Crippen molar-refractivity contribution in [3.63, 3.8) is 0 Å². The average Bonchev–Trinajstić information content (AvgIpc) is 3.12. The Balaban J connectivity index is 1.48. The van der Waals surface area contributed by atoms with E-state index >= 15 is 0 Å². The molecule has 3 heterocycles. The number of hydrogen-bond donors (Lipinski definition) is 0. The molecule has 0 amide bonds. The lowest BCUT2D eigenvalue weighted by molar-refractivity contribution is 0.179. The molecular weight excluding hydrogens is 342 g/mol. The molecule has 27 heavy (non-hydrogen) atoms. The summed E-state index contributed by atoms with van der Waals surface area (Å²) >= 11 is 0. The molecule has 1 fully saturated rings. The van der Waals surface area contributed by atoms with Gasteiger partial charge in [0.2, 0.25) is 5.89 Å². The normalized spacial score (nSPS) is 18.4. The van der Waals surface area contributed by atoms with Crippen molar-refractivity contribution in [2.24, 2.45) is 5.92 Å². The minimum Gasteiger partial charge on any atom is -0.464 e. The van der Waals surface area contributed by atoms with Crippen LogP contribution in [0.5, 0.6) is 0 Å². The summed E-state index contributed by atoms with van der Waals surface area (Å²) in [5, 5.41) is 4.76. The Kier molecular flexibility index (Phi) is 5.07. The first-order valence-corrected chi connectivity index (χ1v) is 9.64. The molecule has 1 unspecified atom stereocenters. The Bertz CT molecular complexity index is 976. The number of piperidine rings is 1. The highest BCUT2D eigenvalue weighted by Gasteiger charge is 2.26. The zero-order chi connectivity index (χ0) is 18.8. The van der Waals surface area contributed by atoms with Gasteiger partial charge in [0.15, 0.2) is 11.3 Å². The quantitative estimate of drug-likeness (QED) is 0.684. The maximum Gasteiger partial charge on any atom is 0.231 e. The lowest BCUT2D eigenvalue weighted by Crippen LogP contribution is -2.35. The number of rotatable bonds is 5. The van der Waals surface area contributed by atoms with Crippen LogP contribution in [0, 0.1) is 5.92 Å². The number of aromatic nitrogens is 2. The third-order valence-corrected chi connectivity index (χ3v) is 5.07. The summed E-state index contributed by atoms with van der Waals surface area (Å²) in [6.45, 7) is 6.64. The molecule has 4 rings (SSSR count). The second-order valence-corrected chi connectivity index (χ2v) is 7.81. The van der Waals surface area contributed by atoms with Crippen LogP contribution in [-0.2, 0) is 13.0 Å². The molecular formula is C21H25N3O3. The van der Waals surface area contributed by atoms with Gasteiger partial charge in [-0.3, -0.25) is 9.69 Å². The van der Waals surface area contributed by atoms with Gasteiger partial charge < -0.3 is 8.94 Å². The first-order chi connectivity index (χ1) is 13.1. The van der Waals surface area contributed by atoms with Gasteiger partial charge in [-0.15, -0.1) is 0 Å². The number of nitrogens with zero attached hydrogens (tertiary/aromatic N) is 3. The molecule has 142 valence electrons. The zero-order valence-corrected chi connectivity index (χ0v) is 15.9. The summed E-state index contributed by atoms with van der Waals surface area (Å²) in [6, 6.07) is 7.38. The van der Waals surface area contributed by atoms with E-state index in [1.54, 1.807) is 6.26 Å². The molecule has 0 bridgehead atoms. The Morgan fingerprint density at radius 2 is 2.15 bits per heavy atom. The predicted molar refractivity (Wildman–Crippen MR) is 103 cm³/mol. The summed E-state index contributed by atoms with van der Waals surface area (Å²) in [4.78, 5) is 19.6. The van der Waals surface area contributed by atoms with Crippen LogP contribution in [0.3, 0.4) is 0 Å². The minimum atomic E-state index is 0.0518. The standard InChI is InChI=1S/C21H25N3O3/c1-14(2)10-19-22-21(27-23-19)15-6-5-9-24(11-15)12-16-13-26-18-8-4-3-7-17(18)20(16)25/h3-4,7-8,13-15H,5-6,9-12H2,1-2H3. The highest BCUT2D eigenvalue weighted by Crippen LogP contribution is 2.27. The van der Waals surface area contributed by atoms with Gasteiger partial charge in [-0.1, -0.05) is 31.1 Å². The fraction of sp³-hybridized carbons (Fsp3) is 0.476. The first kappa shape index (κ1) is 17.9. The summed E-state index contributed by atoms with van der Waals surface area (Å²) in [5.41, 5.74) is 1.38. The minimum absolute atomic E-state index is 0.0518. The molecule has 1 atom stereocenters. The van der Waals surface area contributed by atoms with Crippen molar-refractivity contribution < 1.29 is 8.94 Å². The second kappa shape index (κ2) is 7.64. The van der Waals surface area contributed by atoms with E-state index in [0.717, 1.165) is 44.1 Å².